The van der Waals surface area contributed by atoms with Crippen molar-refractivity contribution in [1.29, 1.82) is 0 Å². The minimum atomic E-state index is -2.90. The third-order valence-electron chi connectivity index (χ3n) is 3.40. The van der Waals surface area contributed by atoms with E-state index in [2.05, 4.69) is 13.8 Å². The lowest BCUT2D eigenvalue weighted by molar-refractivity contribution is -0.146. The summed E-state index contributed by atoms with van der Waals surface area (Å²) >= 11 is 0. The van der Waals surface area contributed by atoms with Crippen LogP contribution in [0.1, 0.15) is 33.1 Å². The number of nitrogens with two attached hydrogens (primary N) is 1. The number of carbonyl (C=O) groups is 1. The Morgan fingerprint density at radius 1 is 1.40 bits per heavy atom. The van der Waals surface area contributed by atoms with Gasteiger partial charge in [-0.3, -0.25) is 4.79 Å². The van der Waals surface area contributed by atoms with Crippen LogP contribution in [0.4, 0.5) is 0 Å². The molecule has 0 aromatic heterocycles. The Hall–Kier alpha value is -0.330. The van der Waals surface area contributed by atoms with Crippen LogP contribution in [-0.4, -0.2) is 39.0 Å². The monoisotopic (exact) mass is 327 g/mol. The molecule has 120 valence electrons. The van der Waals surface area contributed by atoms with E-state index in [1.165, 1.54) is 0 Å². The molecule has 1 aliphatic rings. The number of carbonyl (C=O) groups excluding carboxylic acids is 1. The van der Waals surface area contributed by atoms with E-state index in [0.29, 0.717) is 25.3 Å². The predicted octanol–water partition coefficient (Wildman–Crippen LogP) is 1.40. The number of rotatable bonds is 7. The number of hydrogen-bond donors (Lipinski definition) is 1. The Morgan fingerprint density at radius 2 is 2.05 bits per heavy atom. The molecular weight excluding hydrogens is 302 g/mol. The summed E-state index contributed by atoms with van der Waals surface area (Å²) in [6, 6.07) is 0. The first-order valence-electron chi connectivity index (χ1n) is 6.88. The zero-order valence-corrected chi connectivity index (χ0v) is 13.8. The Bertz CT molecular complexity index is 397. The van der Waals surface area contributed by atoms with E-state index >= 15 is 0 Å². The predicted molar refractivity (Wildman–Crippen MR) is 81.6 cm³/mol. The fourth-order valence-corrected chi connectivity index (χ4v) is 4.28. The van der Waals surface area contributed by atoms with Gasteiger partial charge in [-0.1, -0.05) is 13.8 Å². The number of halogens is 1. The second-order valence-corrected chi connectivity index (χ2v) is 8.12. The van der Waals surface area contributed by atoms with Crippen LogP contribution in [-0.2, 0) is 19.4 Å². The summed E-state index contributed by atoms with van der Waals surface area (Å²) in [6.07, 6.45) is 1.83. The van der Waals surface area contributed by atoms with E-state index < -0.39 is 9.84 Å². The van der Waals surface area contributed by atoms with Gasteiger partial charge >= 0.3 is 5.97 Å². The van der Waals surface area contributed by atoms with Gasteiger partial charge in [-0.2, -0.15) is 0 Å². The zero-order valence-electron chi connectivity index (χ0n) is 12.2. The highest BCUT2D eigenvalue weighted by atomic mass is 35.5. The lowest BCUT2D eigenvalue weighted by Gasteiger charge is -2.16. The van der Waals surface area contributed by atoms with Gasteiger partial charge in [0.15, 0.2) is 9.84 Å². The smallest absolute Gasteiger partial charge is 0.306 e. The molecule has 1 unspecified atom stereocenters. The molecular formula is C13H26ClNO4S. The molecule has 0 spiro atoms. The van der Waals surface area contributed by atoms with Gasteiger partial charge in [0.2, 0.25) is 0 Å². The highest BCUT2D eigenvalue weighted by Crippen LogP contribution is 2.19. The molecule has 1 saturated heterocycles. The summed E-state index contributed by atoms with van der Waals surface area (Å²) in [6.45, 7) is 4.89. The summed E-state index contributed by atoms with van der Waals surface area (Å²) < 4.78 is 27.7. The first kappa shape index (κ1) is 19.7. The van der Waals surface area contributed by atoms with Crippen LogP contribution in [0.25, 0.3) is 0 Å². The lowest BCUT2D eigenvalue weighted by atomic mass is 9.94. The molecule has 1 rings (SSSR count). The van der Waals surface area contributed by atoms with Crippen LogP contribution in [0.3, 0.4) is 0 Å². The van der Waals surface area contributed by atoms with Crippen molar-refractivity contribution in [2.75, 3.05) is 24.7 Å². The third kappa shape index (κ3) is 7.45. The maximum Gasteiger partial charge on any atom is 0.306 e. The van der Waals surface area contributed by atoms with E-state index in [1.807, 2.05) is 0 Å². The van der Waals surface area contributed by atoms with E-state index in [1.54, 1.807) is 0 Å². The van der Waals surface area contributed by atoms with Gasteiger partial charge in [0.05, 0.1) is 18.1 Å². The minimum absolute atomic E-state index is 0. The van der Waals surface area contributed by atoms with Crippen LogP contribution >= 0.6 is 12.4 Å². The molecule has 0 aromatic rings. The molecule has 7 heteroatoms. The van der Waals surface area contributed by atoms with Crippen LogP contribution in [0.5, 0.6) is 0 Å². The molecule has 1 aliphatic heterocycles. The first-order valence-corrected chi connectivity index (χ1v) is 8.70. The van der Waals surface area contributed by atoms with Crippen molar-refractivity contribution >= 4 is 28.2 Å². The molecule has 20 heavy (non-hydrogen) atoms. The quantitative estimate of drug-likeness (QED) is 0.714. The molecule has 1 heterocycles. The van der Waals surface area contributed by atoms with Crippen molar-refractivity contribution in [2.45, 2.75) is 33.1 Å². The van der Waals surface area contributed by atoms with Gasteiger partial charge in [-0.05, 0) is 31.2 Å². The maximum absolute atomic E-state index is 11.7. The van der Waals surface area contributed by atoms with Crippen molar-refractivity contribution in [2.24, 2.45) is 23.5 Å². The van der Waals surface area contributed by atoms with Gasteiger partial charge in [-0.25, -0.2) is 8.42 Å². The Morgan fingerprint density at radius 3 is 2.50 bits per heavy atom. The van der Waals surface area contributed by atoms with Crippen LogP contribution in [0.15, 0.2) is 0 Å². The van der Waals surface area contributed by atoms with Gasteiger partial charge in [-0.15, -0.1) is 12.4 Å². The zero-order chi connectivity index (χ0) is 14.5. The van der Waals surface area contributed by atoms with E-state index in [9.17, 15) is 13.2 Å². The Labute approximate surface area is 128 Å². The minimum Gasteiger partial charge on any atom is -0.465 e. The summed E-state index contributed by atoms with van der Waals surface area (Å²) in [5.41, 5.74) is 5.64. The summed E-state index contributed by atoms with van der Waals surface area (Å²) in [5.74, 6) is 0.720. The molecule has 5 nitrogen and oxygen atoms in total. The van der Waals surface area contributed by atoms with E-state index in [0.717, 1.165) is 6.42 Å². The van der Waals surface area contributed by atoms with Gasteiger partial charge in [0.1, 0.15) is 0 Å². The number of ether oxygens (including phenoxy) is 1. The fraction of sp³-hybridized carbons (Fsp3) is 0.923. The largest absolute Gasteiger partial charge is 0.465 e. The summed E-state index contributed by atoms with van der Waals surface area (Å²) in [4.78, 5) is 11.7. The van der Waals surface area contributed by atoms with Crippen molar-refractivity contribution in [3.8, 4) is 0 Å². The van der Waals surface area contributed by atoms with Gasteiger partial charge < -0.3 is 10.5 Å². The van der Waals surface area contributed by atoms with Crippen LogP contribution < -0.4 is 5.73 Å². The number of hydrogen-bond acceptors (Lipinski definition) is 5. The standard InChI is InChI=1S/C13H25NO4S.ClH/c1-10(2)5-12(7-14)6-13(15)18-8-11-3-4-19(16,17)9-11;/h10-12H,3-9,14H2,1-2H3;1H/t11?,12-;/m0./s1. The molecule has 0 saturated carbocycles. The maximum atomic E-state index is 11.7. The molecule has 1 fully saturated rings. The van der Waals surface area contributed by atoms with E-state index in [4.69, 9.17) is 10.5 Å². The molecule has 0 radical (unpaired) electrons. The van der Waals surface area contributed by atoms with E-state index in [-0.39, 0.29) is 48.3 Å². The average molecular weight is 328 g/mol. The molecule has 0 aromatic carbocycles. The molecule has 0 amide bonds. The molecule has 0 bridgehead atoms. The Kier molecular flexibility index (Phi) is 8.70. The normalized spacial score (nSPS) is 22.3. The fourth-order valence-electron chi connectivity index (χ4n) is 2.44. The third-order valence-corrected chi connectivity index (χ3v) is 5.24. The van der Waals surface area contributed by atoms with Gasteiger partial charge in [0.25, 0.3) is 0 Å². The lowest BCUT2D eigenvalue weighted by Crippen LogP contribution is -2.23. The highest BCUT2D eigenvalue weighted by Gasteiger charge is 2.29. The van der Waals surface area contributed by atoms with Crippen LogP contribution in [0, 0.1) is 17.8 Å². The number of esters is 1. The second-order valence-electron chi connectivity index (χ2n) is 5.89. The van der Waals surface area contributed by atoms with Crippen molar-refractivity contribution in [3.63, 3.8) is 0 Å². The SMILES string of the molecule is CC(C)C[C@H](CN)CC(=O)OCC1CCS(=O)(=O)C1.Cl. The number of sulfone groups is 1. The summed E-state index contributed by atoms with van der Waals surface area (Å²) in [7, 11) is -2.90. The Balaban J connectivity index is 0.00000361. The second kappa shape index (κ2) is 8.85. The van der Waals surface area contributed by atoms with Crippen molar-refractivity contribution in [1.82, 2.24) is 0 Å². The summed E-state index contributed by atoms with van der Waals surface area (Å²) in [5, 5.41) is 0. The molecule has 2 N–H and O–H groups in total. The molecule has 2 atom stereocenters. The molecule has 0 aliphatic carbocycles. The average Bonchev–Trinajstić information content (AvgIpc) is 2.65. The highest BCUT2D eigenvalue weighted by molar-refractivity contribution is 7.91. The van der Waals surface area contributed by atoms with Crippen molar-refractivity contribution in [3.05, 3.63) is 0 Å². The first-order chi connectivity index (χ1) is 8.82. The topological polar surface area (TPSA) is 86.5 Å². The van der Waals surface area contributed by atoms with Crippen LogP contribution in [0.2, 0.25) is 0 Å². The van der Waals surface area contributed by atoms with Gasteiger partial charge in [0, 0.05) is 12.3 Å². The van der Waals surface area contributed by atoms with Crippen molar-refractivity contribution < 1.29 is 17.9 Å².